The largest absolute Gasteiger partial charge is 0.113 e. The summed E-state index contributed by atoms with van der Waals surface area (Å²) in [5.74, 6) is 0. The minimum atomic E-state index is -0.953. The van der Waals surface area contributed by atoms with Crippen molar-refractivity contribution in [2.45, 2.75) is 125 Å². The Labute approximate surface area is 411 Å². The van der Waals surface area contributed by atoms with Gasteiger partial charge >= 0.3 is 0 Å². The Bertz CT molecular complexity index is 3280. The highest BCUT2D eigenvalue weighted by molar-refractivity contribution is 7.87. The Morgan fingerprint density at radius 2 is 0.636 bits per heavy atom. The Morgan fingerprint density at radius 3 is 1.03 bits per heavy atom. The molecule has 0 nitrogen and oxygen atoms in total. The van der Waals surface area contributed by atoms with Gasteiger partial charge in [-0.25, -0.2) is 0 Å². The summed E-state index contributed by atoms with van der Waals surface area (Å²) < 4.78 is 0. The molecule has 0 unspecified atom stereocenters. The van der Waals surface area contributed by atoms with Gasteiger partial charge in [-0.1, -0.05) is 22.0 Å². The van der Waals surface area contributed by atoms with Gasteiger partial charge < -0.3 is 0 Å². The first-order chi connectivity index (χ1) is 30.8. The molecule has 0 bridgehead atoms. The van der Waals surface area contributed by atoms with Crippen LogP contribution >= 0.6 is 0 Å². The Balaban J connectivity index is 1.97. The SMILES string of the molecule is [B][B]B([B])B(B([B])[B])c1c(C)c(C)c(C)c2c(-c3c(C)c(C)c(C)c4c(-c5c(C)c(C)c(C)c6c(C)c(C)c(C)c(C)c56)c5c(C)c(C)c(C)c(C)c5c(C)c34)c(B([B])[B])c([B][B])c([B])c12. The van der Waals surface area contributed by atoms with Crippen LogP contribution in [0, 0.1) is 125 Å². The molecule has 0 fully saturated rings. The van der Waals surface area contributed by atoms with Crippen molar-refractivity contribution in [2.75, 3.05) is 0 Å². The van der Waals surface area contributed by atoms with E-state index in [2.05, 4.69) is 125 Å². The number of aryl methyl sites for hydroxylation is 8. The third-order valence-electron chi connectivity index (χ3n) is 17.3. The van der Waals surface area contributed by atoms with Crippen LogP contribution in [0.15, 0.2) is 0 Å². The van der Waals surface area contributed by atoms with E-state index in [0.29, 0.717) is 16.4 Å². The fraction of sp³-hybridized carbons (Fsp3) is 0.346. The second-order valence-corrected chi connectivity index (χ2v) is 20.0. The number of hydrogen-bond acceptors (Lipinski definition) is 0. The van der Waals surface area contributed by atoms with Crippen molar-refractivity contribution >= 4 is 167 Å². The van der Waals surface area contributed by atoms with Crippen molar-refractivity contribution in [2.24, 2.45) is 0 Å². The summed E-state index contributed by atoms with van der Waals surface area (Å²) in [5.41, 5.74) is 29.3. The molecular formula is C52H54B14. The van der Waals surface area contributed by atoms with E-state index in [4.69, 9.17) is 62.0 Å². The molecule has 66 heavy (non-hydrogen) atoms. The molecule has 0 aliphatic heterocycles. The minimum absolute atomic E-state index is 0.447. The molecule has 0 aliphatic rings. The van der Waals surface area contributed by atoms with Crippen molar-refractivity contribution in [3.05, 3.63) is 100 Å². The first kappa shape index (κ1) is 50.4. The summed E-state index contributed by atoms with van der Waals surface area (Å²) in [4.78, 5) is 0. The maximum Gasteiger partial charge on any atom is 0.113 e. The Kier molecular flexibility index (Phi) is 13.6. The van der Waals surface area contributed by atoms with Gasteiger partial charge in [0, 0.05) is 74.0 Å². The molecule has 0 heterocycles. The summed E-state index contributed by atoms with van der Waals surface area (Å²) in [6, 6.07) is 0. The average Bonchev–Trinajstić information content (AvgIpc) is 3.27. The van der Waals surface area contributed by atoms with Crippen molar-refractivity contribution < 1.29 is 0 Å². The zero-order valence-electron chi connectivity index (χ0n) is 43.1. The fourth-order valence-electron chi connectivity index (χ4n) is 12.3. The fourth-order valence-corrected chi connectivity index (χ4v) is 12.3. The van der Waals surface area contributed by atoms with Gasteiger partial charge in [-0.05, 0) is 285 Å². The zero-order chi connectivity index (χ0) is 49.4. The highest BCUT2D eigenvalue weighted by Crippen LogP contribution is 2.53. The standard InChI is InChI=1S/C52H54B14/c1-19-21(3)29(11)39-37(26(19)8)28(10)23(5)31(13)41(39)46-40-30(12)22(4)20(2)27(9)38(40)36(18)45-42(46)32(14)24(6)33(15)43(45)47-44-34(16)25(7)35(17)51(64(65(58)59)66(60)62-55)48(44)49(53)50(61-54)52(47)63(56)57/h1-18H3. The Hall–Kier alpha value is -3.51. The molecule has 0 amide bonds. The molecule has 0 saturated heterocycles. The molecule has 14 heteroatoms. The molecule has 7 aromatic rings. The Morgan fingerprint density at radius 1 is 0.318 bits per heavy atom. The molecule has 0 aromatic heterocycles. The maximum absolute atomic E-state index is 7.42. The normalized spacial score (nSPS) is 11.7. The molecule has 304 valence electrons. The van der Waals surface area contributed by atoms with Gasteiger partial charge in [0.1, 0.15) is 7.85 Å². The summed E-state index contributed by atoms with van der Waals surface area (Å²) >= 11 is 0. The molecule has 0 atom stereocenters. The van der Waals surface area contributed by atoms with Gasteiger partial charge in [-0.2, -0.15) is 0 Å². The summed E-state index contributed by atoms with van der Waals surface area (Å²) in [6.07, 6.45) is -1.53. The van der Waals surface area contributed by atoms with Crippen molar-refractivity contribution in [3.63, 3.8) is 0 Å². The van der Waals surface area contributed by atoms with Gasteiger partial charge in [-0.15, -0.1) is 5.46 Å². The molecule has 7 aromatic carbocycles. The van der Waals surface area contributed by atoms with E-state index < -0.39 is 25.8 Å². The van der Waals surface area contributed by atoms with Crippen LogP contribution in [-0.4, -0.2) is 102 Å². The van der Waals surface area contributed by atoms with Crippen molar-refractivity contribution in [1.29, 1.82) is 0 Å². The van der Waals surface area contributed by atoms with E-state index in [1.165, 1.54) is 123 Å². The van der Waals surface area contributed by atoms with E-state index in [0.717, 1.165) is 55.0 Å². The summed E-state index contributed by atoms with van der Waals surface area (Å²) in [6.45, 7) is 39.3. The molecule has 18 radical (unpaired) electrons. The predicted molar refractivity (Wildman–Crippen MR) is 312 cm³/mol. The van der Waals surface area contributed by atoms with Gasteiger partial charge in [0.15, 0.2) is 0 Å². The molecule has 0 aliphatic carbocycles. The van der Waals surface area contributed by atoms with Gasteiger partial charge in [-0.3, -0.25) is 0 Å². The molecule has 7 rings (SSSR count). The van der Waals surface area contributed by atoms with Gasteiger partial charge in [0.2, 0.25) is 0 Å². The quantitative estimate of drug-likeness (QED) is 0.121. The highest BCUT2D eigenvalue weighted by atomic mass is 14.3. The van der Waals surface area contributed by atoms with Gasteiger partial charge in [0.05, 0.1) is 20.2 Å². The summed E-state index contributed by atoms with van der Waals surface area (Å²) in [7, 11) is 57.7. The zero-order valence-corrected chi connectivity index (χ0v) is 43.1. The van der Waals surface area contributed by atoms with E-state index in [9.17, 15) is 0 Å². The third kappa shape index (κ3) is 6.87. The van der Waals surface area contributed by atoms with Crippen LogP contribution < -0.4 is 21.9 Å². The first-order valence-corrected chi connectivity index (χ1v) is 23.5. The minimum Gasteiger partial charge on any atom is -0.111 e. The average molecular weight is 830 g/mol. The lowest BCUT2D eigenvalue weighted by Gasteiger charge is -2.35. The topological polar surface area (TPSA) is 0 Å². The molecule has 0 spiro atoms. The second kappa shape index (κ2) is 17.8. The van der Waals surface area contributed by atoms with Gasteiger partial charge in [0.25, 0.3) is 0 Å². The van der Waals surface area contributed by atoms with Crippen molar-refractivity contribution in [1.82, 2.24) is 0 Å². The molecule has 0 N–H and O–H groups in total. The first-order valence-electron chi connectivity index (χ1n) is 23.5. The second-order valence-electron chi connectivity index (χ2n) is 20.0. The summed E-state index contributed by atoms with van der Waals surface area (Å²) in [5, 5.41) is 9.30. The van der Waals surface area contributed by atoms with Crippen LogP contribution in [0.4, 0.5) is 0 Å². The third-order valence-corrected chi connectivity index (χ3v) is 17.3. The van der Waals surface area contributed by atoms with Crippen LogP contribution in [0.5, 0.6) is 0 Å². The lowest BCUT2D eigenvalue weighted by molar-refractivity contribution is 1.22. The van der Waals surface area contributed by atoms with Crippen molar-refractivity contribution in [3.8, 4) is 22.3 Å². The van der Waals surface area contributed by atoms with Crippen LogP contribution in [0.3, 0.4) is 0 Å². The smallest absolute Gasteiger partial charge is 0.111 e. The van der Waals surface area contributed by atoms with Crippen LogP contribution in [0.2, 0.25) is 0 Å². The molecule has 0 saturated carbocycles. The number of benzene rings is 7. The van der Waals surface area contributed by atoms with Crippen LogP contribution in [-0.2, 0) is 0 Å². The number of hydrogen-bond donors (Lipinski definition) is 0. The number of fused-ring (bicyclic) bond motifs is 4. The monoisotopic (exact) mass is 833 g/mol. The predicted octanol–water partition coefficient (Wildman–Crippen LogP) is 6.55. The molecular weight excluding hydrogens is 776 g/mol. The van der Waals surface area contributed by atoms with Crippen LogP contribution in [0.25, 0.3) is 65.3 Å². The highest BCUT2D eigenvalue weighted by Gasteiger charge is 2.35. The lowest BCUT2D eigenvalue weighted by atomic mass is 8.68. The van der Waals surface area contributed by atoms with E-state index >= 15 is 0 Å². The lowest BCUT2D eigenvalue weighted by Crippen LogP contribution is -2.63. The van der Waals surface area contributed by atoms with E-state index in [1.807, 2.05) is 0 Å². The van der Waals surface area contributed by atoms with E-state index in [1.54, 1.807) is 7.17 Å². The van der Waals surface area contributed by atoms with Crippen LogP contribution in [0.1, 0.15) is 100 Å². The van der Waals surface area contributed by atoms with E-state index in [-0.39, 0.29) is 0 Å². The maximum atomic E-state index is 7.42. The number of rotatable bonds is 8.